The molecule has 2 nitrogen and oxygen atoms in total. The monoisotopic (exact) mass is 214 g/mol. The highest BCUT2D eigenvalue weighted by atomic mass is 15.3. The van der Waals surface area contributed by atoms with Gasteiger partial charge >= 0.3 is 0 Å². The van der Waals surface area contributed by atoms with Crippen LogP contribution < -0.4 is 0 Å². The SMILES string of the molecule is CC.CC.CCN1CC2CCC1CN2C. The third kappa shape index (κ3) is 3.76. The van der Waals surface area contributed by atoms with Gasteiger partial charge in [-0.1, -0.05) is 34.6 Å². The highest BCUT2D eigenvalue weighted by molar-refractivity contribution is 4.92. The molecule has 3 heterocycles. The number of hydrogen-bond acceptors (Lipinski definition) is 2. The van der Waals surface area contributed by atoms with E-state index < -0.39 is 0 Å². The van der Waals surface area contributed by atoms with Gasteiger partial charge in [-0.15, -0.1) is 0 Å². The van der Waals surface area contributed by atoms with E-state index in [9.17, 15) is 0 Å². The summed E-state index contributed by atoms with van der Waals surface area (Å²) in [4.78, 5) is 5.16. The number of piperazine rings is 1. The van der Waals surface area contributed by atoms with Crippen molar-refractivity contribution in [3.63, 3.8) is 0 Å². The van der Waals surface area contributed by atoms with Gasteiger partial charge in [0.05, 0.1) is 0 Å². The van der Waals surface area contributed by atoms with Crippen LogP contribution in [-0.2, 0) is 0 Å². The first-order valence-corrected chi connectivity index (χ1v) is 6.75. The normalized spacial score (nSPS) is 30.0. The lowest BCUT2D eigenvalue weighted by Crippen LogP contribution is -2.61. The van der Waals surface area contributed by atoms with Gasteiger partial charge in [0.2, 0.25) is 0 Å². The molecule has 92 valence electrons. The number of piperidine rings is 2. The first-order chi connectivity index (χ1) is 7.31. The van der Waals surface area contributed by atoms with Crippen molar-refractivity contribution in [2.24, 2.45) is 0 Å². The lowest BCUT2D eigenvalue weighted by atomic mass is 9.91. The van der Waals surface area contributed by atoms with E-state index in [1.165, 1.54) is 32.5 Å². The zero-order valence-corrected chi connectivity index (χ0v) is 11.6. The minimum atomic E-state index is 0.861. The van der Waals surface area contributed by atoms with Crippen molar-refractivity contribution in [3.05, 3.63) is 0 Å². The first kappa shape index (κ1) is 14.9. The Labute approximate surface area is 96.6 Å². The maximum Gasteiger partial charge on any atom is 0.0224 e. The predicted octanol–water partition coefficient (Wildman–Crippen LogP) is 2.84. The summed E-state index contributed by atoms with van der Waals surface area (Å²) >= 11 is 0. The van der Waals surface area contributed by atoms with E-state index >= 15 is 0 Å². The lowest BCUT2D eigenvalue weighted by Gasteiger charge is -2.50. The Morgan fingerprint density at radius 2 is 1.47 bits per heavy atom. The standard InChI is InChI=1S/C9H18N2.2C2H6/c1-3-11-7-8-4-5-9(11)6-10(8)2;2*1-2/h8-9H,3-7H2,1-2H3;2*1-2H3. The molecule has 0 aromatic carbocycles. The molecule has 3 aliphatic heterocycles. The Morgan fingerprint density at radius 1 is 0.933 bits per heavy atom. The zero-order chi connectivity index (χ0) is 11.8. The molecule has 3 saturated heterocycles. The van der Waals surface area contributed by atoms with Gasteiger partial charge in [-0.05, 0) is 26.4 Å². The Bertz CT molecular complexity index is 147. The molecule has 0 aromatic rings. The fraction of sp³-hybridized carbons (Fsp3) is 1.00. The second-order valence-electron chi connectivity index (χ2n) is 3.91. The van der Waals surface area contributed by atoms with Crippen molar-refractivity contribution in [2.45, 2.75) is 59.5 Å². The summed E-state index contributed by atoms with van der Waals surface area (Å²) in [6.45, 7) is 14.1. The molecule has 0 amide bonds. The van der Waals surface area contributed by atoms with Crippen LogP contribution in [0.1, 0.15) is 47.5 Å². The van der Waals surface area contributed by atoms with Gasteiger partial charge in [-0.3, -0.25) is 4.90 Å². The Kier molecular flexibility index (Phi) is 8.07. The number of hydrogen-bond donors (Lipinski definition) is 0. The van der Waals surface area contributed by atoms with E-state index in [4.69, 9.17) is 0 Å². The van der Waals surface area contributed by atoms with Gasteiger partial charge in [0.1, 0.15) is 0 Å². The number of rotatable bonds is 1. The van der Waals surface area contributed by atoms with Crippen LogP contribution in [0.4, 0.5) is 0 Å². The Hall–Kier alpha value is -0.0800. The third-order valence-corrected chi connectivity index (χ3v) is 3.32. The highest BCUT2D eigenvalue weighted by Crippen LogP contribution is 2.26. The van der Waals surface area contributed by atoms with Crippen molar-refractivity contribution in [3.8, 4) is 0 Å². The third-order valence-electron chi connectivity index (χ3n) is 3.32. The highest BCUT2D eigenvalue weighted by Gasteiger charge is 2.35. The minimum absolute atomic E-state index is 0.861. The zero-order valence-electron chi connectivity index (χ0n) is 11.6. The fourth-order valence-corrected chi connectivity index (χ4v) is 2.51. The molecule has 15 heavy (non-hydrogen) atoms. The van der Waals surface area contributed by atoms with Crippen molar-refractivity contribution in [2.75, 3.05) is 26.7 Å². The molecule has 2 bridgehead atoms. The van der Waals surface area contributed by atoms with Crippen molar-refractivity contribution in [1.82, 2.24) is 9.80 Å². The molecule has 0 spiro atoms. The van der Waals surface area contributed by atoms with Crippen LogP contribution in [0.5, 0.6) is 0 Å². The number of nitrogens with zero attached hydrogens (tertiary/aromatic N) is 2. The fourth-order valence-electron chi connectivity index (χ4n) is 2.51. The molecule has 3 aliphatic rings. The minimum Gasteiger partial charge on any atom is -0.301 e. The smallest absolute Gasteiger partial charge is 0.0224 e. The molecular weight excluding hydrogens is 184 g/mol. The van der Waals surface area contributed by atoms with E-state index in [1.807, 2.05) is 27.7 Å². The second kappa shape index (κ2) is 8.12. The van der Waals surface area contributed by atoms with Crippen LogP contribution in [0, 0.1) is 0 Å². The first-order valence-electron chi connectivity index (χ1n) is 6.75. The molecule has 2 unspecified atom stereocenters. The maximum atomic E-state index is 2.63. The summed E-state index contributed by atoms with van der Waals surface area (Å²) in [5.74, 6) is 0. The summed E-state index contributed by atoms with van der Waals surface area (Å²) < 4.78 is 0. The van der Waals surface area contributed by atoms with Crippen molar-refractivity contribution >= 4 is 0 Å². The molecule has 0 N–H and O–H groups in total. The van der Waals surface area contributed by atoms with E-state index in [2.05, 4.69) is 23.8 Å². The summed E-state index contributed by atoms with van der Waals surface area (Å²) in [6, 6.07) is 1.73. The summed E-state index contributed by atoms with van der Waals surface area (Å²) in [6.07, 6.45) is 2.86. The van der Waals surface area contributed by atoms with Gasteiger partial charge in [0.25, 0.3) is 0 Å². The molecule has 0 aromatic heterocycles. The van der Waals surface area contributed by atoms with Crippen molar-refractivity contribution < 1.29 is 0 Å². The maximum absolute atomic E-state index is 2.63. The second-order valence-corrected chi connectivity index (χ2v) is 3.91. The van der Waals surface area contributed by atoms with Crippen molar-refractivity contribution in [1.29, 1.82) is 0 Å². The molecular formula is C13H30N2. The summed E-state index contributed by atoms with van der Waals surface area (Å²) in [5, 5.41) is 0. The van der Waals surface area contributed by atoms with Gasteiger partial charge in [0, 0.05) is 25.2 Å². The van der Waals surface area contributed by atoms with Gasteiger partial charge in [-0.25, -0.2) is 0 Å². The average Bonchev–Trinajstić information content (AvgIpc) is 2.35. The number of likely N-dealkylation sites (N-methyl/N-ethyl adjacent to an activating group) is 2. The predicted molar refractivity (Wildman–Crippen MR) is 69.4 cm³/mol. The number of fused-ring (bicyclic) bond motifs is 3. The Balaban J connectivity index is 0.000000442. The molecule has 3 rings (SSSR count). The van der Waals surface area contributed by atoms with Crippen LogP contribution in [-0.4, -0.2) is 48.6 Å². The molecule has 0 radical (unpaired) electrons. The van der Waals surface area contributed by atoms with E-state index in [-0.39, 0.29) is 0 Å². The topological polar surface area (TPSA) is 6.48 Å². The lowest BCUT2D eigenvalue weighted by molar-refractivity contribution is -0.00301. The molecule has 3 fully saturated rings. The van der Waals surface area contributed by atoms with E-state index in [0.29, 0.717) is 0 Å². The summed E-state index contributed by atoms with van der Waals surface area (Å²) in [5.41, 5.74) is 0. The molecule has 2 heteroatoms. The molecule has 0 saturated carbocycles. The van der Waals surface area contributed by atoms with E-state index in [1.54, 1.807) is 0 Å². The van der Waals surface area contributed by atoms with Crippen LogP contribution in [0.2, 0.25) is 0 Å². The van der Waals surface area contributed by atoms with E-state index in [0.717, 1.165) is 12.1 Å². The average molecular weight is 214 g/mol. The molecule has 2 atom stereocenters. The van der Waals surface area contributed by atoms with Crippen LogP contribution >= 0.6 is 0 Å². The van der Waals surface area contributed by atoms with Crippen LogP contribution in [0.15, 0.2) is 0 Å². The van der Waals surface area contributed by atoms with Gasteiger partial charge in [-0.2, -0.15) is 0 Å². The largest absolute Gasteiger partial charge is 0.301 e. The van der Waals surface area contributed by atoms with Gasteiger partial charge in [0.15, 0.2) is 0 Å². The summed E-state index contributed by atoms with van der Waals surface area (Å²) in [7, 11) is 2.27. The van der Waals surface area contributed by atoms with Crippen LogP contribution in [0.3, 0.4) is 0 Å². The van der Waals surface area contributed by atoms with Crippen LogP contribution in [0.25, 0.3) is 0 Å². The molecule has 0 aliphatic carbocycles. The van der Waals surface area contributed by atoms with Gasteiger partial charge < -0.3 is 4.90 Å². The Morgan fingerprint density at radius 3 is 1.80 bits per heavy atom. The quantitative estimate of drug-likeness (QED) is 0.662.